The number of amides is 1. The predicted molar refractivity (Wildman–Crippen MR) is 111 cm³/mol. The third-order valence-corrected chi connectivity index (χ3v) is 5.37. The Morgan fingerprint density at radius 2 is 2.00 bits per heavy atom. The van der Waals surface area contributed by atoms with Gasteiger partial charge in [0.2, 0.25) is 0 Å². The molecule has 1 aliphatic carbocycles. The van der Waals surface area contributed by atoms with Gasteiger partial charge in [-0.15, -0.1) is 0 Å². The molecule has 29 heavy (non-hydrogen) atoms. The third kappa shape index (κ3) is 4.55. The number of hydrogen-bond donors (Lipinski definition) is 2. The molecular weight excluding hydrogens is 366 g/mol. The Morgan fingerprint density at radius 1 is 1.17 bits per heavy atom. The van der Waals surface area contributed by atoms with Crippen molar-refractivity contribution in [2.75, 3.05) is 18.5 Å². The van der Waals surface area contributed by atoms with E-state index in [1.807, 2.05) is 25.1 Å². The normalized spacial score (nSPS) is 18.1. The fourth-order valence-electron chi connectivity index (χ4n) is 3.73. The third-order valence-electron chi connectivity index (χ3n) is 5.37. The highest BCUT2D eigenvalue weighted by Crippen LogP contribution is 2.34. The minimum absolute atomic E-state index is 0.0990. The van der Waals surface area contributed by atoms with Crippen LogP contribution in [0, 0.1) is 24.7 Å². The average Bonchev–Trinajstić information content (AvgIpc) is 3.25. The number of aryl methyl sites for hydroxylation is 1. The van der Waals surface area contributed by atoms with E-state index in [2.05, 4.69) is 17.2 Å². The van der Waals surface area contributed by atoms with Gasteiger partial charge in [0.25, 0.3) is 5.91 Å². The summed E-state index contributed by atoms with van der Waals surface area (Å²) in [6.07, 6.45) is 4.59. The second-order valence-corrected chi connectivity index (χ2v) is 7.63. The fourth-order valence-corrected chi connectivity index (χ4v) is 3.73. The molecule has 0 spiro atoms. The van der Waals surface area contributed by atoms with E-state index in [1.165, 1.54) is 25.7 Å². The molecule has 4 rings (SSSR count). The van der Waals surface area contributed by atoms with Gasteiger partial charge in [0.05, 0.1) is 6.61 Å². The average molecular weight is 391 g/mol. The lowest BCUT2D eigenvalue weighted by molar-refractivity contribution is 0.0457. The molecule has 1 amide bonds. The number of benzene rings is 2. The van der Waals surface area contributed by atoms with Crippen LogP contribution in [0.15, 0.2) is 36.4 Å². The van der Waals surface area contributed by atoms with Crippen LogP contribution >= 0.6 is 0 Å². The summed E-state index contributed by atoms with van der Waals surface area (Å²) in [6.45, 7) is 2.11. The van der Waals surface area contributed by atoms with Crippen molar-refractivity contribution in [2.24, 2.45) is 5.92 Å². The summed E-state index contributed by atoms with van der Waals surface area (Å²) < 4.78 is 11.2. The molecule has 1 unspecified atom stereocenters. The molecule has 1 aliphatic heterocycles. The van der Waals surface area contributed by atoms with Gasteiger partial charge in [-0.1, -0.05) is 24.7 Å². The Balaban J connectivity index is 1.44. The van der Waals surface area contributed by atoms with Gasteiger partial charge >= 0.3 is 0 Å². The van der Waals surface area contributed by atoms with Crippen LogP contribution < -0.4 is 14.8 Å². The molecule has 2 N–H and O–H groups in total. The van der Waals surface area contributed by atoms with Crippen molar-refractivity contribution >= 4 is 11.6 Å². The quantitative estimate of drug-likeness (QED) is 0.778. The molecule has 2 aromatic rings. The van der Waals surface area contributed by atoms with Crippen LogP contribution in [0.2, 0.25) is 0 Å². The first-order chi connectivity index (χ1) is 14.1. The minimum Gasteiger partial charge on any atom is -0.486 e. The van der Waals surface area contributed by atoms with E-state index in [-0.39, 0.29) is 25.2 Å². The number of fused-ring (bicyclic) bond motifs is 1. The summed E-state index contributed by atoms with van der Waals surface area (Å²) in [4.78, 5) is 12.7. The van der Waals surface area contributed by atoms with Gasteiger partial charge in [-0.2, -0.15) is 0 Å². The van der Waals surface area contributed by atoms with Crippen LogP contribution in [0.1, 0.15) is 47.2 Å². The number of aliphatic hydroxyl groups excluding tert-OH is 1. The maximum atomic E-state index is 12.7. The summed E-state index contributed by atoms with van der Waals surface area (Å²) in [7, 11) is 0. The van der Waals surface area contributed by atoms with Crippen molar-refractivity contribution < 1.29 is 19.4 Å². The van der Waals surface area contributed by atoms with E-state index < -0.39 is 0 Å². The Kier molecular flexibility index (Phi) is 5.73. The molecule has 0 radical (unpaired) electrons. The van der Waals surface area contributed by atoms with E-state index in [4.69, 9.17) is 9.47 Å². The van der Waals surface area contributed by atoms with Gasteiger partial charge in [0.15, 0.2) is 17.6 Å². The zero-order valence-corrected chi connectivity index (χ0v) is 16.5. The van der Waals surface area contributed by atoms with E-state index >= 15 is 0 Å². The summed E-state index contributed by atoms with van der Waals surface area (Å²) in [5.41, 5.74) is 3.09. The largest absolute Gasteiger partial charge is 0.486 e. The molecule has 0 saturated heterocycles. The fraction of sp³-hybridized carbons (Fsp3) is 0.375. The van der Waals surface area contributed by atoms with Crippen LogP contribution in [0.4, 0.5) is 5.69 Å². The van der Waals surface area contributed by atoms with Crippen LogP contribution in [-0.4, -0.2) is 30.3 Å². The summed E-state index contributed by atoms with van der Waals surface area (Å²) >= 11 is 0. The van der Waals surface area contributed by atoms with Gasteiger partial charge in [0, 0.05) is 28.8 Å². The molecule has 0 aromatic heterocycles. The van der Waals surface area contributed by atoms with Gasteiger partial charge in [-0.3, -0.25) is 4.79 Å². The highest BCUT2D eigenvalue weighted by Gasteiger charge is 2.21. The van der Waals surface area contributed by atoms with Gasteiger partial charge < -0.3 is 19.9 Å². The van der Waals surface area contributed by atoms with Crippen molar-refractivity contribution in [3.05, 3.63) is 53.1 Å². The number of hydrogen-bond acceptors (Lipinski definition) is 4. The molecule has 0 bridgehead atoms. The standard InChI is InChI=1S/C24H25NO4/c1-16-12-18(7-6-17-4-2-3-5-17)8-10-21(16)24(27)25-19-9-11-22-23(13-19)28-15-20(14-26)29-22/h8-13,17,20,26H,2-5,14-15H2,1H3,(H,25,27). The Morgan fingerprint density at radius 3 is 2.76 bits per heavy atom. The second-order valence-electron chi connectivity index (χ2n) is 7.63. The highest BCUT2D eigenvalue weighted by atomic mass is 16.6. The molecule has 2 aromatic carbocycles. The van der Waals surface area contributed by atoms with Crippen molar-refractivity contribution in [3.8, 4) is 23.3 Å². The molecule has 5 nitrogen and oxygen atoms in total. The van der Waals surface area contributed by atoms with Gasteiger partial charge in [-0.05, 0) is 55.7 Å². The van der Waals surface area contributed by atoms with Gasteiger partial charge in [-0.25, -0.2) is 0 Å². The topological polar surface area (TPSA) is 67.8 Å². The number of nitrogens with one attached hydrogen (secondary N) is 1. The molecule has 1 saturated carbocycles. The molecule has 5 heteroatoms. The Labute approximate surface area is 171 Å². The lowest BCUT2D eigenvalue weighted by Gasteiger charge is -2.25. The number of aliphatic hydroxyl groups is 1. The molecular formula is C24H25NO4. The van der Waals surface area contributed by atoms with Crippen LogP contribution in [-0.2, 0) is 0 Å². The first-order valence-corrected chi connectivity index (χ1v) is 10.1. The van der Waals surface area contributed by atoms with Crippen molar-refractivity contribution in [2.45, 2.75) is 38.7 Å². The van der Waals surface area contributed by atoms with Crippen LogP contribution in [0.25, 0.3) is 0 Å². The predicted octanol–water partition coefficient (Wildman–Crippen LogP) is 3.92. The van der Waals surface area contributed by atoms with Crippen LogP contribution in [0.5, 0.6) is 11.5 Å². The first-order valence-electron chi connectivity index (χ1n) is 10.1. The number of carbonyl (C=O) groups is 1. The lowest BCUT2D eigenvalue weighted by Crippen LogP contribution is -2.32. The lowest BCUT2D eigenvalue weighted by atomic mass is 10.0. The first kappa shape index (κ1) is 19.4. The summed E-state index contributed by atoms with van der Waals surface area (Å²) in [5, 5.41) is 12.1. The molecule has 150 valence electrons. The molecule has 1 fully saturated rings. The number of ether oxygens (including phenoxy) is 2. The summed E-state index contributed by atoms with van der Waals surface area (Å²) in [6, 6.07) is 10.9. The van der Waals surface area contributed by atoms with Crippen molar-refractivity contribution in [3.63, 3.8) is 0 Å². The molecule has 1 heterocycles. The summed E-state index contributed by atoms with van der Waals surface area (Å²) in [5.74, 6) is 8.07. The monoisotopic (exact) mass is 391 g/mol. The maximum Gasteiger partial charge on any atom is 0.255 e. The number of rotatable bonds is 3. The van der Waals surface area contributed by atoms with E-state index in [0.717, 1.165) is 11.1 Å². The minimum atomic E-state index is -0.360. The highest BCUT2D eigenvalue weighted by molar-refractivity contribution is 6.05. The molecule has 1 atom stereocenters. The maximum absolute atomic E-state index is 12.7. The zero-order valence-electron chi connectivity index (χ0n) is 16.5. The van der Waals surface area contributed by atoms with Crippen molar-refractivity contribution in [1.82, 2.24) is 0 Å². The Hall–Kier alpha value is -2.97. The van der Waals surface area contributed by atoms with Crippen molar-refractivity contribution in [1.29, 1.82) is 0 Å². The SMILES string of the molecule is Cc1cc(C#CC2CCCC2)ccc1C(=O)Nc1ccc2c(c1)OCC(CO)O2. The number of anilines is 1. The Bertz CT molecular complexity index is 967. The van der Waals surface area contributed by atoms with E-state index in [9.17, 15) is 9.90 Å². The number of carbonyl (C=O) groups excluding carboxylic acids is 1. The zero-order chi connectivity index (χ0) is 20.2. The molecule has 2 aliphatic rings. The van der Waals surface area contributed by atoms with Crippen LogP contribution in [0.3, 0.4) is 0 Å². The smallest absolute Gasteiger partial charge is 0.255 e. The van der Waals surface area contributed by atoms with E-state index in [0.29, 0.717) is 28.7 Å². The second kappa shape index (κ2) is 8.59. The van der Waals surface area contributed by atoms with E-state index in [1.54, 1.807) is 18.2 Å². The van der Waals surface area contributed by atoms with Gasteiger partial charge in [0.1, 0.15) is 6.61 Å².